The highest BCUT2D eigenvalue weighted by molar-refractivity contribution is 7.89. The van der Waals surface area contributed by atoms with Crippen molar-refractivity contribution < 1.29 is 22.7 Å². The average molecular weight is 537 g/mol. The zero-order chi connectivity index (χ0) is 26.4. The predicted octanol–water partition coefficient (Wildman–Crippen LogP) is 4.08. The molecule has 1 N–H and O–H groups in total. The van der Waals surface area contributed by atoms with Crippen LogP contribution in [0, 0.1) is 22.7 Å². The minimum Gasteiger partial charge on any atom is -0.456 e. The van der Waals surface area contributed by atoms with Gasteiger partial charge in [-0.25, -0.2) is 8.42 Å². The number of carbonyl (C=O) groups is 1. The van der Waals surface area contributed by atoms with E-state index in [1.54, 1.807) is 18.2 Å². The first-order valence-electron chi connectivity index (χ1n) is 11.2. The second-order valence-corrected chi connectivity index (χ2v) is 10.4. The van der Waals surface area contributed by atoms with Crippen LogP contribution in [0.1, 0.15) is 16.7 Å². The van der Waals surface area contributed by atoms with Crippen LogP contribution in [0.4, 0.5) is 5.69 Å². The summed E-state index contributed by atoms with van der Waals surface area (Å²) in [5, 5.41) is 21.4. The average Bonchev–Trinajstić information content (AvgIpc) is 2.91. The van der Waals surface area contributed by atoms with Crippen molar-refractivity contribution in [2.24, 2.45) is 0 Å². The molecule has 1 aliphatic rings. The Morgan fingerprint density at radius 1 is 1.00 bits per heavy atom. The zero-order valence-electron chi connectivity index (χ0n) is 19.5. The third kappa shape index (κ3) is 6.45. The van der Waals surface area contributed by atoms with Crippen LogP contribution in [0.3, 0.4) is 0 Å². The van der Waals surface area contributed by atoms with Crippen LogP contribution < -0.4 is 10.1 Å². The van der Waals surface area contributed by atoms with Gasteiger partial charge in [0, 0.05) is 18.8 Å². The number of hydrogen-bond donors (Lipinski definition) is 1. The maximum atomic E-state index is 12.8. The van der Waals surface area contributed by atoms with Crippen molar-refractivity contribution in [1.82, 2.24) is 4.31 Å². The van der Waals surface area contributed by atoms with Crippen LogP contribution in [0.2, 0.25) is 5.02 Å². The number of rotatable bonds is 7. The minimum atomic E-state index is -3.62. The standard InChI is InChI=1S/C26H21ClN4O5S/c27-24-6-1-18(14-25(24)36-22-12-19(16-28)11-20(13-22)17-29)15-26(32)30-21-2-4-23(5-3-21)37(33,34)31-7-9-35-10-8-31/h1-6,11-14H,7-10,15H2,(H,30,32). The SMILES string of the molecule is N#Cc1cc(C#N)cc(Oc2cc(CC(=O)Nc3ccc(S(=O)(=O)N4CCOCC4)cc3)ccc2Cl)c1. The lowest BCUT2D eigenvalue weighted by atomic mass is 10.1. The van der Waals surface area contributed by atoms with E-state index < -0.39 is 10.0 Å². The van der Waals surface area contributed by atoms with E-state index in [0.717, 1.165) is 0 Å². The Hall–Kier alpha value is -3.93. The van der Waals surface area contributed by atoms with Crippen LogP contribution in [0.15, 0.2) is 65.6 Å². The molecule has 0 spiro atoms. The van der Waals surface area contributed by atoms with Crippen LogP contribution in [-0.2, 0) is 26.0 Å². The summed E-state index contributed by atoms with van der Waals surface area (Å²) in [5.74, 6) is 0.213. The molecule has 0 aliphatic carbocycles. The van der Waals surface area contributed by atoms with Gasteiger partial charge in [0.05, 0.1) is 52.8 Å². The lowest BCUT2D eigenvalue weighted by Crippen LogP contribution is -2.40. The first kappa shape index (κ1) is 26.1. The molecule has 4 rings (SSSR count). The number of nitrogens with zero attached hydrogens (tertiary/aromatic N) is 3. The third-order valence-corrected chi connectivity index (χ3v) is 7.72. The monoisotopic (exact) mass is 536 g/mol. The van der Waals surface area contributed by atoms with Gasteiger partial charge in [0.25, 0.3) is 0 Å². The van der Waals surface area contributed by atoms with Gasteiger partial charge in [0.1, 0.15) is 11.5 Å². The Bertz CT molecular complexity index is 1470. The van der Waals surface area contributed by atoms with Gasteiger partial charge in [-0.2, -0.15) is 14.8 Å². The molecule has 1 saturated heterocycles. The zero-order valence-corrected chi connectivity index (χ0v) is 21.1. The van der Waals surface area contributed by atoms with E-state index in [2.05, 4.69) is 5.32 Å². The maximum Gasteiger partial charge on any atom is 0.243 e. The molecule has 0 aromatic heterocycles. The summed E-state index contributed by atoms with van der Waals surface area (Å²) in [6.45, 7) is 1.32. The highest BCUT2D eigenvalue weighted by Crippen LogP contribution is 2.31. The Labute approximate surface area is 219 Å². The number of anilines is 1. The van der Waals surface area contributed by atoms with E-state index in [9.17, 15) is 13.2 Å². The molecule has 3 aromatic carbocycles. The van der Waals surface area contributed by atoms with Gasteiger partial charge in [-0.1, -0.05) is 17.7 Å². The Balaban J connectivity index is 1.42. The smallest absolute Gasteiger partial charge is 0.243 e. The lowest BCUT2D eigenvalue weighted by Gasteiger charge is -2.26. The molecule has 37 heavy (non-hydrogen) atoms. The first-order chi connectivity index (χ1) is 17.8. The number of amides is 1. The second kappa shape index (κ2) is 11.4. The second-order valence-electron chi connectivity index (χ2n) is 8.10. The van der Waals surface area contributed by atoms with E-state index in [4.69, 9.17) is 31.6 Å². The molecule has 1 aliphatic heterocycles. The molecule has 1 amide bonds. The van der Waals surface area contributed by atoms with Crippen molar-refractivity contribution in [3.63, 3.8) is 0 Å². The quantitative estimate of drug-likeness (QED) is 0.481. The molecule has 0 radical (unpaired) electrons. The number of nitriles is 2. The van der Waals surface area contributed by atoms with E-state index in [-0.39, 0.29) is 39.8 Å². The van der Waals surface area contributed by atoms with Gasteiger partial charge < -0.3 is 14.8 Å². The Morgan fingerprint density at radius 3 is 2.27 bits per heavy atom. The van der Waals surface area contributed by atoms with Gasteiger partial charge in [0.2, 0.25) is 15.9 Å². The number of ether oxygens (including phenoxy) is 2. The summed E-state index contributed by atoms with van der Waals surface area (Å²) in [7, 11) is -3.62. The van der Waals surface area contributed by atoms with Crippen molar-refractivity contribution in [3.05, 3.63) is 82.4 Å². The highest BCUT2D eigenvalue weighted by atomic mass is 35.5. The molecule has 0 unspecified atom stereocenters. The summed E-state index contributed by atoms with van der Waals surface area (Å²) in [5.41, 5.74) is 1.60. The predicted molar refractivity (Wildman–Crippen MR) is 136 cm³/mol. The summed E-state index contributed by atoms with van der Waals surface area (Å²) in [4.78, 5) is 12.8. The van der Waals surface area contributed by atoms with Gasteiger partial charge >= 0.3 is 0 Å². The van der Waals surface area contributed by atoms with Gasteiger partial charge in [-0.15, -0.1) is 0 Å². The van der Waals surface area contributed by atoms with E-state index >= 15 is 0 Å². The third-order valence-electron chi connectivity index (χ3n) is 5.50. The molecule has 9 nitrogen and oxygen atoms in total. The van der Waals surface area contributed by atoms with E-state index in [1.807, 2.05) is 12.1 Å². The van der Waals surface area contributed by atoms with Crippen molar-refractivity contribution in [3.8, 4) is 23.6 Å². The fourth-order valence-electron chi connectivity index (χ4n) is 3.69. The molecule has 0 atom stereocenters. The topological polar surface area (TPSA) is 133 Å². The summed E-state index contributed by atoms with van der Waals surface area (Å²) in [6.07, 6.45) is 0.00301. The number of hydrogen-bond acceptors (Lipinski definition) is 7. The summed E-state index contributed by atoms with van der Waals surface area (Å²) < 4.78 is 37.9. The normalized spacial score (nSPS) is 13.8. The van der Waals surface area contributed by atoms with Crippen molar-refractivity contribution >= 4 is 33.2 Å². The number of halogens is 1. The molecule has 1 heterocycles. The lowest BCUT2D eigenvalue weighted by molar-refractivity contribution is -0.115. The number of morpholine rings is 1. The maximum absolute atomic E-state index is 12.8. The van der Waals surface area contributed by atoms with Gasteiger partial charge in [0.15, 0.2) is 0 Å². The molecular formula is C26H21ClN4O5S. The van der Waals surface area contributed by atoms with Crippen LogP contribution in [0.5, 0.6) is 11.5 Å². The molecular weight excluding hydrogens is 516 g/mol. The fraction of sp³-hybridized carbons (Fsp3) is 0.192. The largest absolute Gasteiger partial charge is 0.456 e. The Kier molecular flexibility index (Phi) is 8.07. The molecule has 188 valence electrons. The fourth-order valence-corrected chi connectivity index (χ4v) is 5.25. The number of nitrogens with one attached hydrogen (secondary N) is 1. The molecule has 3 aromatic rings. The highest BCUT2D eigenvalue weighted by Gasteiger charge is 2.26. The number of sulfonamides is 1. The Morgan fingerprint density at radius 2 is 1.65 bits per heavy atom. The van der Waals surface area contributed by atoms with Crippen LogP contribution in [-0.4, -0.2) is 44.9 Å². The summed E-state index contributed by atoms with van der Waals surface area (Å²) >= 11 is 6.25. The molecule has 0 saturated carbocycles. The number of carbonyl (C=O) groups excluding carboxylic acids is 1. The van der Waals surface area contributed by atoms with Gasteiger partial charge in [-0.3, -0.25) is 4.79 Å². The van der Waals surface area contributed by atoms with Crippen molar-refractivity contribution in [2.75, 3.05) is 31.6 Å². The molecule has 1 fully saturated rings. The number of benzene rings is 3. The molecule has 0 bridgehead atoms. The first-order valence-corrected chi connectivity index (χ1v) is 13.0. The van der Waals surface area contributed by atoms with Crippen LogP contribution >= 0.6 is 11.6 Å². The van der Waals surface area contributed by atoms with Gasteiger partial charge in [-0.05, 0) is 60.2 Å². The summed E-state index contributed by atoms with van der Waals surface area (Å²) in [6, 6.07) is 19.2. The van der Waals surface area contributed by atoms with E-state index in [0.29, 0.717) is 42.6 Å². The van der Waals surface area contributed by atoms with Crippen molar-refractivity contribution in [1.29, 1.82) is 10.5 Å². The van der Waals surface area contributed by atoms with Crippen LogP contribution in [0.25, 0.3) is 0 Å². The van der Waals surface area contributed by atoms with E-state index in [1.165, 1.54) is 46.8 Å². The minimum absolute atomic E-state index is 0.00301. The molecule has 11 heteroatoms. The van der Waals surface area contributed by atoms with Crippen molar-refractivity contribution in [2.45, 2.75) is 11.3 Å².